The van der Waals surface area contributed by atoms with Crippen molar-refractivity contribution in [3.05, 3.63) is 24.3 Å². The molecule has 0 aliphatic heterocycles. The van der Waals surface area contributed by atoms with Crippen molar-refractivity contribution in [1.29, 1.82) is 0 Å². The molecule has 4 nitrogen and oxygen atoms in total. The van der Waals surface area contributed by atoms with Crippen molar-refractivity contribution in [2.75, 3.05) is 6.61 Å². The number of fused-ring (bicyclic) bond motifs is 1. The van der Waals surface area contributed by atoms with Crippen LogP contribution in [-0.2, 0) is 0 Å². The first-order valence-corrected chi connectivity index (χ1v) is 6.05. The largest absolute Gasteiger partial charge is 0.473 e. The summed E-state index contributed by atoms with van der Waals surface area (Å²) in [5.74, 6) is 0.551. The highest BCUT2D eigenvalue weighted by atomic mass is 127. The molecule has 1 aromatic carbocycles. The summed E-state index contributed by atoms with van der Waals surface area (Å²) in [4.78, 5) is 0. The number of rotatable bonds is 4. The van der Waals surface area contributed by atoms with Crippen LogP contribution in [0.25, 0.3) is 11.0 Å². The molecule has 0 unspecified atom stereocenters. The number of nitrogens with zero attached hydrogens (tertiary/aromatic N) is 1. The van der Waals surface area contributed by atoms with Gasteiger partial charge in [0.25, 0.3) is 5.88 Å². The molecule has 5 heteroatoms. The van der Waals surface area contributed by atoms with E-state index in [0.717, 1.165) is 11.0 Å². The van der Waals surface area contributed by atoms with Crippen LogP contribution in [0.1, 0.15) is 13.8 Å². The Morgan fingerprint density at radius 1 is 1.44 bits per heavy atom. The van der Waals surface area contributed by atoms with Gasteiger partial charge in [-0.15, -0.1) is 0 Å². The summed E-state index contributed by atoms with van der Waals surface area (Å²) >= 11 is 2.12. The van der Waals surface area contributed by atoms with Crippen LogP contribution in [0.15, 0.2) is 28.8 Å². The van der Waals surface area contributed by atoms with Crippen molar-refractivity contribution < 1.29 is 9.26 Å². The second-order valence-corrected chi connectivity index (χ2v) is 4.79. The number of nitrogens with one attached hydrogen (secondary N) is 1. The van der Waals surface area contributed by atoms with Crippen LogP contribution >= 0.6 is 22.9 Å². The maximum absolute atomic E-state index is 5.64. The number of halogens is 1. The van der Waals surface area contributed by atoms with E-state index in [-0.39, 0.29) is 5.54 Å². The van der Waals surface area contributed by atoms with Crippen LogP contribution in [0.4, 0.5) is 0 Å². The Morgan fingerprint density at radius 2 is 2.19 bits per heavy atom. The molecule has 1 aromatic heterocycles. The van der Waals surface area contributed by atoms with Crippen molar-refractivity contribution in [2.24, 2.45) is 0 Å². The number of hydrogen-bond donors (Lipinski definition) is 1. The van der Waals surface area contributed by atoms with E-state index in [0.29, 0.717) is 12.5 Å². The average molecular weight is 332 g/mol. The van der Waals surface area contributed by atoms with Crippen LogP contribution in [0.2, 0.25) is 0 Å². The van der Waals surface area contributed by atoms with Crippen LogP contribution in [0.5, 0.6) is 5.88 Å². The summed E-state index contributed by atoms with van der Waals surface area (Å²) < 4.78 is 13.9. The van der Waals surface area contributed by atoms with Gasteiger partial charge < -0.3 is 9.26 Å². The topological polar surface area (TPSA) is 47.3 Å². The van der Waals surface area contributed by atoms with Crippen molar-refractivity contribution in [2.45, 2.75) is 19.4 Å². The Balaban J connectivity index is 2.16. The average Bonchev–Trinajstić information content (AvgIpc) is 2.70. The third-order valence-corrected chi connectivity index (χ3v) is 3.63. The first-order chi connectivity index (χ1) is 7.62. The highest BCUT2D eigenvalue weighted by Gasteiger charge is 2.18. The van der Waals surface area contributed by atoms with Crippen LogP contribution < -0.4 is 8.27 Å². The third kappa shape index (κ3) is 2.46. The molecular formula is C11H13IN2O2. The standard InChI is InChI=1S/C11H13IN2O2/c1-11(2,14-12)7-15-10-8-5-3-4-6-9(8)16-13-10/h3-6,14H,7H2,1-2H3. The zero-order chi connectivity index (χ0) is 11.6. The Labute approximate surface area is 108 Å². The minimum absolute atomic E-state index is 0.0966. The Kier molecular flexibility index (Phi) is 3.34. The van der Waals surface area contributed by atoms with E-state index in [9.17, 15) is 0 Å². The Hall–Kier alpha value is -0.820. The van der Waals surface area contributed by atoms with E-state index in [2.05, 4.69) is 45.4 Å². The van der Waals surface area contributed by atoms with Crippen LogP contribution in [0, 0.1) is 0 Å². The fraction of sp³-hybridized carbons (Fsp3) is 0.364. The van der Waals surface area contributed by atoms with Gasteiger partial charge >= 0.3 is 0 Å². The fourth-order valence-electron chi connectivity index (χ4n) is 1.24. The lowest BCUT2D eigenvalue weighted by Gasteiger charge is -2.21. The summed E-state index contributed by atoms with van der Waals surface area (Å²) in [6.45, 7) is 4.65. The molecule has 0 bridgehead atoms. The van der Waals surface area contributed by atoms with Crippen molar-refractivity contribution in [3.63, 3.8) is 0 Å². The van der Waals surface area contributed by atoms with Gasteiger partial charge in [-0.25, -0.2) is 0 Å². The van der Waals surface area contributed by atoms with Gasteiger partial charge in [0.05, 0.1) is 10.9 Å². The van der Waals surface area contributed by atoms with Gasteiger partial charge in [0, 0.05) is 22.9 Å². The lowest BCUT2D eigenvalue weighted by molar-refractivity contribution is 0.220. The van der Waals surface area contributed by atoms with Crippen molar-refractivity contribution in [3.8, 4) is 5.88 Å². The molecule has 1 heterocycles. The molecule has 0 aliphatic carbocycles. The Morgan fingerprint density at radius 3 is 2.94 bits per heavy atom. The molecular weight excluding hydrogens is 319 g/mol. The summed E-state index contributed by atoms with van der Waals surface area (Å²) in [5, 5.41) is 4.81. The van der Waals surface area contributed by atoms with E-state index in [1.807, 2.05) is 24.3 Å². The molecule has 0 radical (unpaired) electrons. The second kappa shape index (κ2) is 4.58. The Bertz CT molecular complexity index is 482. The van der Waals surface area contributed by atoms with Crippen molar-refractivity contribution >= 4 is 33.8 Å². The molecule has 0 fully saturated rings. The maximum Gasteiger partial charge on any atom is 0.262 e. The predicted molar refractivity (Wildman–Crippen MR) is 70.7 cm³/mol. The lowest BCUT2D eigenvalue weighted by Crippen LogP contribution is -2.38. The normalized spacial score (nSPS) is 11.9. The summed E-state index contributed by atoms with van der Waals surface area (Å²) in [5.41, 5.74) is 0.651. The summed E-state index contributed by atoms with van der Waals surface area (Å²) in [6, 6.07) is 7.66. The molecule has 2 aromatic rings. The monoisotopic (exact) mass is 332 g/mol. The number of para-hydroxylation sites is 1. The van der Waals surface area contributed by atoms with Gasteiger partial charge in [-0.3, -0.25) is 3.53 Å². The van der Waals surface area contributed by atoms with E-state index in [1.54, 1.807) is 0 Å². The van der Waals surface area contributed by atoms with E-state index >= 15 is 0 Å². The maximum atomic E-state index is 5.64. The molecule has 2 rings (SSSR count). The fourth-order valence-corrected chi connectivity index (χ4v) is 1.40. The number of aromatic nitrogens is 1. The molecule has 0 saturated carbocycles. The van der Waals surface area contributed by atoms with Gasteiger partial charge in [0.15, 0.2) is 5.58 Å². The van der Waals surface area contributed by atoms with Gasteiger partial charge in [-0.05, 0) is 31.1 Å². The highest BCUT2D eigenvalue weighted by molar-refractivity contribution is 14.1. The first-order valence-electron chi connectivity index (χ1n) is 4.97. The predicted octanol–water partition coefficient (Wildman–Crippen LogP) is 2.92. The second-order valence-electron chi connectivity index (χ2n) is 4.25. The number of benzene rings is 1. The molecule has 16 heavy (non-hydrogen) atoms. The quantitative estimate of drug-likeness (QED) is 0.691. The van der Waals surface area contributed by atoms with Crippen LogP contribution in [0.3, 0.4) is 0 Å². The summed E-state index contributed by atoms with van der Waals surface area (Å²) in [7, 11) is 0. The molecule has 1 N–H and O–H groups in total. The molecule has 86 valence electrons. The lowest BCUT2D eigenvalue weighted by atomic mass is 10.1. The molecule has 0 spiro atoms. The highest BCUT2D eigenvalue weighted by Crippen LogP contribution is 2.24. The van der Waals surface area contributed by atoms with Gasteiger partial charge in [0.2, 0.25) is 0 Å². The van der Waals surface area contributed by atoms with Crippen molar-refractivity contribution in [1.82, 2.24) is 8.69 Å². The van der Waals surface area contributed by atoms with E-state index in [1.165, 1.54) is 0 Å². The van der Waals surface area contributed by atoms with Gasteiger partial charge in [0.1, 0.15) is 6.61 Å². The van der Waals surface area contributed by atoms with Gasteiger partial charge in [-0.1, -0.05) is 12.1 Å². The van der Waals surface area contributed by atoms with E-state index < -0.39 is 0 Å². The van der Waals surface area contributed by atoms with E-state index in [4.69, 9.17) is 9.26 Å². The molecule has 0 saturated heterocycles. The zero-order valence-electron chi connectivity index (χ0n) is 9.16. The summed E-state index contributed by atoms with van der Waals surface area (Å²) in [6.07, 6.45) is 0. The smallest absolute Gasteiger partial charge is 0.262 e. The molecule has 0 atom stereocenters. The third-order valence-electron chi connectivity index (χ3n) is 2.17. The number of hydrogen-bond acceptors (Lipinski definition) is 4. The van der Waals surface area contributed by atoms with Crippen LogP contribution in [-0.4, -0.2) is 17.3 Å². The minimum Gasteiger partial charge on any atom is -0.473 e. The number of ether oxygens (including phenoxy) is 1. The molecule has 0 aliphatic rings. The van der Waals surface area contributed by atoms with Gasteiger partial charge in [-0.2, -0.15) is 0 Å². The zero-order valence-corrected chi connectivity index (χ0v) is 11.3. The molecule has 0 amide bonds. The SMILES string of the molecule is CC(C)(COc1noc2ccccc12)NI. The first kappa shape index (κ1) is 11.7. The minimum atomic E-state index is -0.0966.